The van der Waals surface area contributed by atoms with Crippen LogP contribution in [0.3, 0.4) is 0 Å². The van der Waals surface area contributed by atoms with Crippen molar-refractivity contribution in [1.29, 1.82) is 0 Å². The maximum Gasteiger partial charge on any atom is 0.243 e. The molecule has 1 saturated heterocycles. The van der Waals surface area contributed by atoms with Gasteiger partial charge >= 0.3 is 0 Å². The second kappa shape index (κ2) is 11.6. The highest BCUT2D eigenvalue weighted by molar-refractivity contribution is 8.00. The molecule has 0 bridgehead atoms. The van der Waals surface area contributed by atoms with Gasteiger partial charge in [0.15, 0.2) is 11.0 Å². The van der Waals surface area contributed by atoms with Crippen LogP contribution in [-0.4, -0.2) is 58.3 Å². The predicted molar refractivity (Wildman–Crippen MR) is 146 cm³/mol. The molecule has 10 heteroatoms. The lowest BCUT2D eigenvalue weighted by molar-refractivity contribution is -0.139. The summed E-state index contributed by atoms with van der Waals surface area (Å²) in [7, 11) is -0.0805. The molecule has 0 radical (unpaired) electrons. The fraction of sp³-hybridized carbons (Fsp3) is 0.321. The Balaban J connectivity index is 1.56. The van der Waals surface area contributed by atoms with Gasteiger partial charge in [-0.15, -0.1) is 0 Å². The van der Waals surface area contributed by atoms with Crippen LogP contribution in [-0.2, 0) is 33.6 Å². The zero-order valence-electron chi connectivity index (χ0n) is 21.2. The molecule has 1 aliphatic heterocycles. The first-order valence-corrected chi connectivity index (χ1v) is 14.3. The van der Waals surface area contributed by atoms with Gasteiger partial charge in [0.1, 0.15) is 37.1 Å². The van der Waals surface area contributed by atoms with Crippen LogP contribution in [0.5, 0.6) is 0 Å². The van der Waals surface area contributed by atoms with Crippen LogP contribution in [0.25, 0.3) is 10.9 Å². The summed E-state index contributed by atoms with van der Waals surface area (Å²) in [6, 6.07) is 8.86. The highest BCUT2D eigenvalue weighted by Crippen LogP contribution is 2.26. The number of alkyl halides is 1. The monoisotopic (exact) mass is 558 g/mol. The Morgan fingerprint density at radius 3 is 2.68 bits per heavy atom. The number of hydrogen-bond donors (Lipinski definition) is 1. The quantitative estimate of drug-likeness (QED) is 0.282. The zero-order chi connectivity index (χ0) is 27.6. The average Bonchev–Trinajstić information content (AvgIpc) is 3.44. The number of halogens is 3. The molecular weight excluding hydrogens is 532 g/mol. The van der Waals surface area contributed by atoms with Crippen LogP contribution < -0.4 is 5.32 Å². The second-order valence-corrected chi connectivity index (χ2v) is 11.6. The summed E-state index contributed by atoms with van der Waals surface area (Å²) in [5.41, 5.74) is 2.04. The largest absolute Gasteiger partial charge is 0.350 e. The Morgan fingerprint density at radius 2 is 1.97 bits per heavy atom. The molecule has 0 spiro atoms. The third-order valence-electron chi connectivity index (χ3n) is 6.32. The van der Waals surface area contributed by atoms with Crippen molar-refractivity contribution in [1.82, 2.24) is 14.8 Å². The van der Waals surface area contributed by atoms with Crippen LogP contribution in [0, 0.1) is 17.0 Å². The van der Waals surface area contributed by atoms with E-state index in [4.69, 9.17) is 11.6 Å². The Labute approximate surface area is 227 Å². The number of hydrogen-bond acceptors (Lipinski definition) is 3. The third-order valence-corrected chi connectivity index (χ3v) is 7.13. The van der Waals surface area contributed by atoms with Crippen LogP contribution in [0.2, 0.25) is 5.02 Å². The summed E-state index contributed by atoms with van der Waals surface area (Å²) in [6.07, 6.45) is 4.09. The van der Waals surface area contributed by atoms with Gasteiger partial charge in [0, 0.05) is 41.2 Å². The minimum absolute atomic E-state index is 0.0686. The minimum Gasteiger partial charge on any atom is -0.350 e. The highest BCUT2D eigenvalue weighted by Gasteiger charge is 2.39. The van der Waals surface area contributed by atoms with E-state index in [1.165, 1.54) is 24.0 Å². The van der Waals surface area contributed by atoms with Crippen molar-refractivity contribution < 1.29 is 23.2 Å². The standard InChI is InChI=1S/C28H26ClF2N3O3S/c1-17(35)22-15-33(24-11-18(7-8-21(22)24)9-10-38(2)3)16-26(36)34-14-20(30)12-25(34)28(37)32-13-19-5-4-6-23(29)27(19)31/h4-8,11,15,20,25H,12-14,16H2,1-3H3/p+1/t20-,25+/m1/s1. The Kier molecular flexibility index (Phi) is 8.44. The maximum absolute atomic E-state index is 14.4. The van der Waals surface area contributed by atoms with E-state index in [0.29, 0.717) is 16.5 Å². The first-order chi connectivity index (χ1) is 18.0. The summed E-state index contributed by atoms with van der Waals surface area (Å²) in [5.74, 6) is 1.26. The number of nitrogens with one attached hydrogen (secondary N) is 1. The van der Waals surface area contributed by atoms with Crippen molar-refractivity contribution in [3.8, 4) is 11.2 Å². The van der Waals surface area contributed by atoms with Crippen molar-refractivity contribution in [2.45, 2.75) is 38.6 Å². The van der Waals surface area contributed by atoms with Gasteiger partial charge in [-0.1, -0.05) is 29.8 Å². The zero-order valence-corrected chi connectivity index (χ0v) is 22.8. The highest BCUT2D eigenvalue weighted by atomic mass is 35.5. The van der Waals surface area contributed by atoms with Gasteiger partial charge < -0.3 is 14.8 Å². The van der Waals surface area contributed by atoms with Crippen molar-refractivity contribution in [3.63, 3.8) is 0 Å². The number of aromatic nitrogens is 1. The molecule has 1 N–H and O–H groups in total. The molecule has 1 aromatic heterocycles. The molecule has 3 aromatic rings. The fourth-order valence-electron chi connectivity index (χ4n) is 4.47. The van der Waals surface area contributed by atoms with E-state index in [0.717, 1.165) is 5.56 Å². The van der Waals surface area contributed by atoms with Crippen molar-refractivity contribution in [2.24, 2.45) is 0 Å². The lowest BCUT2D eigenvalue weighted by Crippen LogP contribution is -2.46. The number of fused-ring (bicyclic) bond motifs is 1. The molecule has 0 unspecified atom stereocenters. The first kappa shape index (κ1) is 27.7. The molecular formula is C28H27ClF2N3O3S+. The number of benzene rings is 2. The van der Waals surface area contributed by atoms with Crippen molar-refractivity contribution in [2.75, 3.05) is 19.1 Å². The molecule has 2 aromatic carbocycles. The number of rotatable bonds is 6. The number of amides is 2. The molecule has 1 fully saturated rings. The summed E-state index contributed by atoms with van der Waals surface area (Å²) < 4.78 is 30.2. The van der Waals surface area contributed by atoms with Crippen LogP contribution in [0.1, 0.15) is 34.8 Å². The molecule has 2 amide bonds. The Hall–Kier alpha value is -3.35. The molecule has 1 aliphatic rings. The van der Waals surface area contributed by atoms with Gasteiger partial charge in [-0.05, 0) is 31.0 Å². The third kappa shape index (κ3) is 6.03. The SMILES string of the molecule is CC(=O)c1cn(CC(=O)N2C[C@H](F)C[C@H]2C(=O)NCc2cccc(Cl)c2F)c2cc(C#C[S+](C)C)ccc12. The van der Waals surface area contributed by atoms with E-state index in [9.17, 15) is 23.2 Å². The lowest BCUT2D eigenvalue weighted by Gasteiger charge is -2.24. The van der Waals surface area contributed by atoms with Gasteiger partial charge in [-0.2, -0.15) is 0 Å². The van der Waals surface area contributed by atoms with Crippen LogP contribution >= 0.6 is 11.6 Å². The smallest absolute Gasteiger partial charge is 0.243 e. The number of Topliss-reactive ketones (excluding diaryl/α,β-unsaturated/α-hetero) is 1. The van der Waals surface area contributed by atoms with Gasteiger partial charge in [0.05, 0.1) is 28.0 Å². The second-order valence-electron chi connectivity index (χ2n) is 9.33. The summed E-state index contributed by atoms with van der Waals surface area (Å²) in [5, 5.41) is 6.33. The average molecular weight is 559 g/mol. The first-order valence-electron chi connectivity index (χ1n) is 11.9. The normalized spacial score (nSPS) is 17.0. The molecule has 6 nitrogen and oxygen atoms in total. The molecule has 0 saturated carbocycles. The molecule has 2 heterocycles. The molecule has 38 heavy (non-hydrogen) atoms. The molecule has 2 atom stereocenters. The van der Waals surface area contributed by atoms with E-state index in [-0.39, 0.29) is 53.3 Å². The number of nitrogens with zero attached hydrogens (tertiary/aromatic N) is 2. The molecule has 198 valence electrons. The van der Waals surface area contributed by atoms with Crippen LogP contribution in [0.4, 0.5) is 8.78 Å². The minimum atomic E-state index is -1.37. The Morgan fingerprint density at radius 1 is 1.21 bits per heavy atom. The summed E-state index contributed by atoms with van der Waals surface area (Å²) in [4.78, 5) is 39.7. The summed E-state index contributed by atoms with van der Waals surface area (Å²) >= 11 is 5.80. The number of ketones is 1. The molecule has 0 aliphatic carbocycles. The summed E-state index contributed by atoms with van der Waals surface area (Å²) in [6.45, 7) is 0.886. The predicted octanol–water partition coefficient (Wildman–Crippen LogP) is 4.08. The van der Waals surface area contributed by atoms with E-state index in [2.05, 4.69) is 16.5 Å². The lowest BCUT2D eigenvalue weighted by atomic mass is 10.1. The van der Waals surface area contributed by atoms with E-state index in [1.54, 1.807) is 22.9 Å². The fourth-order valence-corrected chi connectivity index (χ4v) is 4.99. The van der Waals surface area contributed by atoms with Crippen molar-refractivity contribution >= 4 is 51.0 Å². The van der Waals surface area contributed by atoms with Crippen LogP contribution in [0.15, 0.2) is 42.6 Å². The molecule has 4 rings (SSSR count). The van der Waals surface area contributed by atoms with Crippen molar-refractivity contribution in [3.05, 3.63) is 70.1 Å². The van der Waals surface area contributed by atoms with Gasteiger partial charge in [-0.3, -0.25) is 14.4 Å². The van der Waals surface area contributed by atoms with Gasteiger partial charge in [-0.25, -0.2) is 8.78 Å². The van der Waals surface area contributed by atoms with E-state index < -0.39 is 29.8 Å². The van der Waals surface area contributed by atoms with Gasteiger partial charge in [0.25, 0.3) is 0 Å². The maximum atomic E-state index is 14.4. The van der Waals surface area contributed by atoms with Gasteiger partial charge in [0.2, 0.25) is 11.8 Å². The van der Waals surface area contributed by atoms with E-state index >= 15 is 0 Å². The Bertz CT molecular complexity index is 1480. The number of carbonyl (C=O) groups is 3. The van der Waals surface area contributed by atoms with E-state index in [1.807, 2.05) is 24.6 Å². The number of carbonyl (C=O) groups excluding carboxylic acids is 3. The number of likely N-dealkylation sites (tertiary alicyclic amines) is 1. The topological polar surface area (TPSA) is 71.4 Å².